The number of nitrogens with zero attached hydrogens (tertiary/aromatic N) is 1. The zero-order valence-electron chi connectivity index (χ0n) is 13.0. The van der Waals surface area contributed by atoms with Crippen molar-refractivity contribution in [2.24, 2.45) is 0 Å². The summed E-state index contributed by atoms with van der Waals surface area (Å²) in [6.45, 7) is 3.43. The smallest absolute Gasteiger partial charge is 0.322 e. The third kappa shape index (κ3) is 3.34. The monoisotopic (exact) mass is 316 g/mol. The minimum absolute atomic E-state index is 0.0774. The van der Waals surface area contributed by atoms with Gasteiger partial charge in [-0.1, -0.05) is 12.1 Å². The number of hydrogen-bond donors (Lipinski definition) is 3. The summed E-state index contributed by atoms with van der Waals surface area (Å²) in [7, 11) is 0. The van der Waals surface area contributed by atoms with Gasteiger partial charge in [0.1, 0.15) is 5.54 Å². The number of urea groups is 1. The molecule has 7 heteroatoms. The molecule has 1 spiro atoms. The van der Waals surface area contributed by atoms with Crippen molar-refractivity contribution >= 4 is 23.5 Å². The fourth-order valence-electron chi connectivity index (χ4n) is 3.10. The number of anilines is 1. The molecular formula is C16H20N4O3. The predicted octanol–water partition coefficient (Wildman–Crippen LogP) is 0.608. The second-order valence-corrected chi connectivity index (χ2v) is 6.18. The lowest BCUT2D eigenvalue weighted by Gasteiger charge is -2.36. The molecular weight excluding hydrogens is 296 g/mol. The highest BCUT2D eigenvalue weighted by Crippen LogP contribution is 2.25. The van der Waals surface area contributed by atoms with Crippen LogP contribution in [0.1, 0.15) is 18.4 Å². The van der Waals surface area contributed by atoms with Gasteiger partial charge in [0, 0.05) is 18.8 Å². The number of amides is 4. The van der Waals surface area contributed by atoms with Crippen LogP contribution in [0.5, 0.6) is 0 Å². The van der Waals surface area contributed by atoms with Gasteiger partial charge in [-0.2, -0.15) is 0 Å². The summed E-state index contributed by atoms with van der Waals surface area (Å²) < 4.78 is 0. The summed E-state index contributed by atoms with van der Waals surface area (Å²) in [5.74, 6) is -0.335. The van der Waals surface area contributed by atoms with Gasteiger partial charge in [0.05, 0.1) is 6.54 Å². The Morgan fingerprint density at radius 3 is 2.65 bits per heavy atom. The van der Waals surface area contributed by atoms with E-state index in [0.29, 0.717) is 25.9 Å². The van der Waals surface area contributed by atoms with Crippen LogP contribution in [0.4, 0.5) is 10.5 Å². The Bertz CT molecular complexity index is 650. The fourth-order valence-corrected chi connectivity index (χ4v) is 3.10. The zero-order chi connectivity index (χ0) is 16.4. The summed E-state index contributed by atoms with van der Waals surface area (Å²) in [4.78, 5) is 37.3. The lowest BCUT2D eigenvalue weighted by Crippen LogP contribution is -2.55. The maximum absolute atomic E-state index is 12.1. The average molecular weight is 316 g/mol. The number of hydrogen-bond acceptors (Lipinski definition) is 4. The molecule has 4 amide bonds. The van der Waals surface area contributed by atoms with E-state index in [-0.39, 0.29) is 18.4 Å². The van der Waals surface area contributed by atoms with Gasteiger partial charge in [0.25, 0.3) is 5.91 Å². The molecule has 2 fully saturated rings. The molecule has 1 aromatic rings. The molecule has 0 atom stereocenters. The maximum Gasteiger partial charge on any atom is 0.322 e. The minimum atomic E-state index is -0.791. The molecule has 1 aromatic carbocycles. The van der Waals surface area contributed by atoms with E-state index in [9.17, 15) is 14.4 Å². The SMILES string of the molecule is Cc1cccc(NC(=O)CN2CCC3(CC2)NC(=O)NC3=O)c1. The normalized spacial score (nSPS) is 20.2. The number of piperidine rings is 1. The van der Waals surface area contributed by atoms with Crippen molar-refractivity contribution in [3.63, 3.8) is 0 Å². The first-order valence-electron chi connectivity index (χ1n) is 7.69. The molecule has 2 aliphatic rings. The highest BCUT2D eigenvalue weighted by Gasteiger charge is 2.47. The maximum atomic E-state index is 12.1. The Morgan fingerprint density at radius 2 is 2.04 bits per heavy atom. The third-order valence-electron chi connectivity index (χ3n) is 4.39. The fraction of sp³-hybridized carbons (Fsp3) is 0.438. The summed E-state index contributed by atoms with van der Waals surface area (Å²) in [5.41, 5.74) is 1.08. The van der Waals surface area contributed by atoms with E-state index in [1.165, 1.54) is 0 Å². The topological polar surface area (TPSA) is 90.5 Å². The van der Waals surface area contributed by atoms with E-state index in [2.05, 4.69) is 16.0 Å². The van der Waals surface area contributed by atoms with E-state index in [4.69, 9.17) is 0 Å². The van der Waals surface area contributed by atoms with E-state index in [0.717, 1.165) is 11.3 Å². The summed E-state index contributed by atoms with van der Waals surface area (Å²) in [6, 6.07) is 7.22. The van der Waals surface area contributed by atoms with Crippen molar-refractivity contribution < 1.29 is 14.4 Å². The van der Waals surface area contributed by atoms with Gasteiger partial charge in [-0.05, 0) is 37.5 Å². The molecule has 0 saturated carbocycles. The number of benzene rings is 1. The van der Waals surface area contributed by atoms with Crippen LogP contribution in [-0.4, -0.2) is 47.9 Å². The number of rotatable bonds is 3. The van der Waals surface area contributed by atoms with Gasteiger partial charge in [-0.25, -0.2) is 4.79 Å². The first-order valence-corrected chi connectivity index (χ1v) is 7.69. The minimum Gasteiger partial charge on any atom is -0.325 e. The first kappa shape index (κ1) is 15.5. The number of imide groups is 1. The lowest BCUT2D eigenvalue weighted by atomic mass is 9.88. The molecule has 7 nitrogen and oxygen atoms in total. The molecule has 3 N–H and O–H groups in total. The summed E-state index contributed by atoms with van der Waals surface area (Å²) >= 11 is 0. The van der Waals surface area contributed by atoms with Crippen molar-refractivity contribution in [2.75, 3.05) is 25.0 Å². The van der Waals surface area contributed by atoms with Crippen LogP contribution in [0.25, 0.3) is 0 Å². The molecule has 3 rings (SSSR count). The number of nitrogens with one attached hydrogen (secondary N) is 3. The number of carbonyl (C=O) groups is 3. The largest absolute Gasteiger partial charge is 0.325 e. The molecule has 0 bridgehead atoms. The van der Waals surface area contributed by atoms with E-state index in [1.54, 1.807) is 0 Å². The molecule has 0 unspecified atom stereocenters. The lowest BCUT2D eigenvalue weighted by molar-refractivity contribution is -0.125. The van der Waals surface area contributed by atoms with Crippen LogP contribution in [-0.2, 0) is 9.59 Å². The van der Waals surface area contributed by atoms with Crippen LogP contribution in [0.15, 0.2) is 24.3 Å². The van der Waals surface area contributed by atoms with Crippen LogP contribution in [0.3, 0.4) is 0 Å². The van der Waals surface area contributed by atoms with Crippen LogP contribution in [0, 0.1) is 6.92 Å². The molecule has 23 heavy (non-hydrogen) atoms. The standard InChI is InChI=1S/C16H20N4O3/c1-11-3-2-4-12(9-11)17-13(21)10-20-7-5-16(6-8-20)14(22)18-15(23)19-16/h2-4,9H,5-8,10H2,1H3,(H,17,21)(H2,18,19,22,23). The second-order valence-electron chi connectivity index (χ2n) is 6.18. The van der Waals surface area contributed by atoms with E-state index >= 15 is 0 Å². The van der Waals surface area contributed by atoms with E-state index in [1.807, 2.05) is 36.1 Å². The molecule has 0 aliphatic carbocycles. The molecule has 0 aromatic heterocycles. The van der Waals surface area contributed by atoms with Crippen molar-refractivity contribution in [2.45, 2.75) is 25.3 Å². The van der Waals surface area contributed by atoms with Gasteiger partial charge in [0.2, 0.25) is 5.91 Å². The van der Waals surface area contributed by atoms with E-state index < -0.39 is 11.6 Å². The highest BCUT2D eigenvalue weighted by molar-refractivity contribution is 6.07. The van der Waals surface area contributed by atoms with Crippen molar-refractivity contribution in [1.29, 1.82) is 0 Å². The Hall–Kier alpha value is -2.41. The van der Waals surface area contributed by atoms with Crippen molar-refractivity contribution in [1.82, 2.24) is 15.5 Å². The second kappa shape index (κ2) is 6.00. The summed E-state index contributed by atoms with van der Waals surface area (Å²) in [5, 5.41) is 7.87. The Balaban J connectivity index is 1.52. The number of carbonyl (C=O) groups excluding carboxylic acids is 3. The van der Waals surface area contributed by atoms with Gasteiger partial charge < -0.3 is 10.6 Å². The molecule has 2 heterocycles. The van der Waals surface area contributed by atoms with Crippen LogP contribution >= 0.6 is 0 Å². The average Bonchev–Trinajstić information content (AvgIpc) is 2.75. The van der Waals surface area contributed by atoms with Crippen molar-refractivity contribution in [3.8, 4) is 0 Å². The number of aryl methyl sites for hydroxylation is 1. The number of likely N-dealkylation sites (tertiary alicyclic amines) is 1. The van der Waals surface area contributed by atoms with Crippen LogP contribution in [0.2, 0.25) is 0 Å². The molecule has 0 radical (unpaired) electrons. The third-order valence-corrected chi connectivity index (χ3v) is 4.39. The Morgan fingerprint density at radius 1 is 1.30 bits per heavy atom. The van der Waals surface area contributed by atoms with Gasteiger partial charge in [-0.15, -0.1) is 0 Å². The van der Waals surface area contributed by atoms with Crippen LogP contribution < -0.4 is 16.0 Å². The molecule has 2 aliphatic heterocycles. The quantitative estimate of drug-likeness (QED) is 0.713. The van der Waals surface area contributed by atoms with Gasteiger partial charge in [-0.3, -0.25) is 19.8 Å². The Kier molecular flexibility index (Phi) is 4.04. The molecule has 2 saturated heterocycles. The highest BCUT2D eigenvalue weighted by atomic mass is 16.2. The Labute approximate surface area is 134 Å². The first-order chi connectivity index (χ1) is 11.0. The van der Waals surface area contributed by atoms with Gasteiger partial charge in [0.15, 0.2) is 0 Å². The predicted molar refractivity (Wildman–Crippen MR) is 84.9 cm³/mol. The van der Waals surface area contributed by atoms with Crippen molar-refractivity contribution in [3.05, 3.63) is 29.8 Å². The molecule has 122 valence electrons. The van der Waals surface area contributed by atoms with Gasteiger partial charge >= 0.3 is 6.03 Å². The summed E-state index contributed by atoms with van der Waals surface area (Å²) in [6.07, 6.45) is 1.03. The zero-order valence-corrected chi connectivity index (χ0v) is 13.0.